The van der Waals surface area contributed by atoms with Crippen molar-refractivity contribution in [3.05, 3.63) is 55.4 Å². The van der Waals surface area contributed by atoms with Gasteiger partial charge in [-0.15, -0.1) is 0 Å². The number of rotatable bonds is 8. The Balaban J connectivity index is 2.13. The van der Waals surface area contributed by atoms with Crippen LogP contribution in [0.1, 0.15) is 24.5 Å². The van der Waals surface area contributed by atoms with E-state index in [9.17, 15) is 4.79 Å². The van der Waals surface area contributed by atoms with Gasteiger partial charge >= 0.3 is 5.97 Å². The maximum atomic E-state index is 10.7. The SMILES string of the molecule is CCNc1cccc(COc2c(Br)cc(CCC(=O)O)cc2Br)c1Cl. The van der Waals surface area contributed by atoms with Gasteiger partial charge in [-0.05, 0) is 69.0 Å². The van der Waals surface area contributed by atoms with Crippen LogP contribution in [-0.4, -0.2) is 17.6 Å². The second kappa shape index (κ2) is 9.46. The van der Waals surface area contributed by atoms with Crippen LogP contribution in [0.25, 0.3) is 0 Å². The molecule has 0 atom stereocenters. The molecule has 0 bridgehead atoms. The third-order valence-corrected chi connectivity index (χ3v) is 5.13. The molecule has 0 heterocycles. The number of aryl methyl sites for hydroxylation is 1. The molecule has 25 heavy (non-hydrogen) atoms. The number of hydrogen-bond acceptors (Lipinski definition) is 3. The summed E-state index contributed by atoms with van der Waals surface area (Å²) in [5, 5.41) is 12.7. The Morgan fingerprint density at radius 1 is 1.28 bits per heavy atom. The van der Waals surface area contributed by atoms with Crippen LogP contribution in [0, 0.1) is 0 Å². The van der Waals surface area contributed by atoms with Crippen molar-refractivity contribution >= 4 is 55.1 Å². The molecule has 0 aliphatic rings. The highest BCUT2D eigenvalue weighted by atomic mass is 79.9. The number of halogens is 3. The molecule has 0 saturated heterocycles. The Morgan fingerprint density at radius 2 is 1.96 bits per heavy atom. The van der Waals surface area contributed by atoms with E-state index in [4.69, 9.17) is 21.4 Å². The summed E-state index contributed by atoms with van der Waals surface area (Å²) < 4.78 is 7.46. The molecule has 0 aliphatic heterocycles. The molecular weight excluding hydrogens is 473 g/mol. The van der Waals surface area contributed by atoms with Crippen LogP contribution in [0.15, 0.2) is 39.3 Å². The van der Waals surface area contributed by atoms with Crippen molar-refractivity contribution in [1.29, 1.82) is 0 Å². The van der Waals surface area contributed by atoms with Gasteiger partial charge in [0.2, 0.25) is 0 Å². The average Bonchev–Trinajstić information content (AvgIpc) is 2.55. The molecule has 0 aliphatic carbocycles. The number of anilines is 1. The molecular formula is C18H18Br2ClNO3. The van der Waals surface area contributed by atoms with Crippen molar-refractivity contribution < 1.29 is 14.6 Å². The van der Waals surface area contributed by atoms with Crippen molar-refractivity contribution in [2.24, 2.45) is 0 Å². The second-order valence-corrected chi connectivity index (χ2v) is 7.47. The maximum Gasteiger partial charge on any atom is 0.303 e. The number of carboxylic acids is 1. The zero-order chi connectivity index (χ0) is 18.4. The van der Waals surface area contributed by atoms with E-state index in [-0.39, 0.29) is 6.42 Å². The molecule has 0 fully saturated rings. The number of hydrogen-bond donors (Lipinski definition) is 2. The van der Waals surface area contributed by atoms with Gasteiger partial charge in [0.15, 0.2) is 0 Å². The summed E-state index contributed by atoms with van der Waals surface area (Å²) >= 11 is 13.4. The minimum atomic E-state index is -0.817. The van der Waals surface area contributed by atoms with E-state index in [1.54, 1.807) is 0 Å². The fourth-order valence-electron chi connectivity index (χ4n) is 2.31. The molecule has 2 rings (SSSR count). The Kier molecular flexibility index (Phi) is 7.59. The summed E-state index contributed by atoms with van der Waals surface area (Å²) in [4.78, 5) is 10.7. The molecule has 7 heteroatoms. The van der Waals surface area contributed by atoms with Crippen molar-refractivity contribution in [2.45, 2.75) is 26.4 Å². The minimum absolute atomic E-state index is 0.0892. The van der Waals surface area contributed by atoms with Crippen LogP contribution >= 0.6 is 43.5 Å². The molecule has 2 N–H and O–H groups in total. The summed E-state index contributed by atoms with van der Waals surface area (Å²) in [5.41, 5.74) is 2.68. The minimum Gasteiger partial charge on any atom is -0.486 e. The summed E-state index contributed by atoms with van der Waals surface area (Å²) in [7, 11) is 0. The van der Waals surface area contributed by atoms with E-state index in [2.05, 4.69) is 37.2 Å². The molecule has 134 valence electrons. The van der Waals surface area contributed by atoms with Crippen LogP contribution in [0.4, 0.5) is 5.69 Å². The molecule has 0 unspecified atom stereocenters. The van der Waals surface area contributed by atoms with Crippen LogP contribution in [0.3, 0.4) is 0 Å². The standard InChI is InChI=1S/C18H18Br2ClNO3/c1-2-22-15-5-3-4-12(17(15)21)10-25-18-13(19)8-11(9-14(18)20)6-7-16(23)24/h3-5,8-9,22H,2,6-7,10H2,1H3,(H,23,24). The number of aliphatic carboxylic acids is 1. The molecule has 2 aromatic carbocycles. The highest BCUT2D eigenvalue weighted by Gasteiger charge is 2.12. The molecule has 2 aromatic rings. The van der Waals surface area contributed by atoms with Gasteiger partial charge in [0.1, 0.15) is 12.4 Å². The van der Waals surface area contributed by atoms with Crippen LogP contribution in [0.5, 0.6) is 5.75 Å². The quantitative estimate of drug-likeness (QED) is 0.483. The summed E-state index contributed by atoms with van der Waals surface area (Å²) in [6.07, 6.45) is 0.551. The summed E-state index contributed by atoms with van der Waals surface area (Å²) in [5.74, 6) is -0.160. The van der Waals surface area contributed by atoms with Gasteiger partial charge in [-0.3, -0.25) is 4.79 Å². The number of carboxylic acid groups (broad SMARTS) is 1. The molecule has 4 nitrogen and oxygen atoms in total. The van der Waals surface area contributed by atoms with Gasteiger partial charge < -0.3 is 15.2 Å². The van der Waals surface area contributed by atoms with E-state index < -0.39 is 5.97 Å². The first kappa shape index (κ1) is 20.1. The van der Waals surface area contributed by atoms with E-state index >= 15 is 0 Å². The van der Waals surface area contributed by atoms with Gasteiger partial charge in [0, 0.05) is 18.5 Å². The fraction of sp³-hybridized carbons (Fsp3) is 0.278. The summed E-state index contributed by atoms with van der Waals surface area (Å²) in [6.45, 7) is 3.13. The first-order valence-electron chi connectivity index (χ1n) is 7.76. The third-order valence-electron chi connectivity index (χ3n) is 3.50. The summed E-state index contributed by atoms with van der Waals surface area (Å²) in [6, 6.07) is 9.53. The topological polar surface area (TPSA) is 58.6 Å². The van der Waals surface area contributed by atoms with E-state index in [1.807, 2.05) is 37.3 Å². The predicted molar refractivity (Wildman–Crippen MR) is 108 cm³/mol. The lowest BCUT2D eigenvalue weighted by Gasteiger charge is -2.14. The van der Waals surface area contributed by atoms with Gasteiger partial charge in [-0.1, -0.05) is 23.7 Å². The van der Waals surface area contributed by atoms with E-state index in [0.717, 1.165) is 32.3 Å². The molecule has 0 spiro atoms. The first-order chi connectivity index (χ1) is 11.9. The Hall–Kier alpha value is -1.24. The Morgan fingerprint density at radius 3 is 2.56 bits per heavy atom. The lowest BCUT2D eigenvalue weighted by molar-refractivity contribution is -0.136. The number of ether oxygens (including phenoxy) is 1. The lowest BCUT2D eigenvalue weighted by Crippen LogP contribution is -2.02. The highest BCUT2D eigenvalue weighted by Crippen LogP contribution is 2.36. The van der Waals surface area contributed by atoms with E-state index in [0.29, 0.717) is 23.8 Å². The van der Waals surface area contributed by atoms with Crippen molar-refractivity contribution in [2.75, 3.05) is 11.9 Å². The van der Waals surface area contributed by atoms with E-state index in [1.165, 1.54) is 0 Å². The molecule has 0 amide bonds. The second-order valence-electron chi connectivity index (χ2n) is 5.38. The van der Waals surface area contributed by atoms with Gasteiger partial charge in [0.05, 0.1) is 19.7 Å². The molecule has 0 radical (unpaired) electrons. The number of benzene rings is 2. The monoisotopic (exact) mass is 489 g/mol. The van der Waals surface area contributed by atoms with Crippen LogP contribution < -0.4 is 10.1 Å². The largest absolute Gasteiger partial charge is 0.486 e. The number of nitrogens with one attached hydrogen (secondary N) is 1. The molecule has 0 saturated carbocycles. The zero-order valence-corrected chi connectivity index (χ0v) is 17.5. The third kappa shape index (κ3) is 5.62. The zero-order valence-electron chi connectivity index (χ0n) is 13.6. The van der Waals surface area contributed by atoms with Crippen molar-refractivity contribution in [3.8, 4) is 5.75 Å². The molecule has 0 aromatic heterocycles. The Bertz CT molecular complexity index is 745. The number of carbonyl (C=O) groups is 1. The first-order valence-corrected chi connectivity index (χ1v) is 9.72. The average molecular weight is 492 g/mol. The smallest absolute Gasteiger partial charge is 0.303 e. The van der Waals surface area contributed by atoms with Crippen LogP contribution in [-0.2, 0) is 17.8 Å². The maximum absolute atomic E-state index is 10.7. The van der Waals surface area contributed by atoms with Crippen molar-refractivity contribution in [3.63, 3.8) is 0 Å². The van der Waals surface area contributed by atoms with Gasteiger partial charge in [-0.25, -0.2) is 0 Å². The normalized spacial score (nSPS) is 10.6. The highest BCUT2D eigenvalue weighted by molar-refractivity contribution is 9.11. The lowest BCUT2D eigenvalue weighted by atomic mass is 10.1. The fourth-order valence-corrected chi connectivity index (χ4v) is 4.07. The van der Waals surface area contributed by atoms with Gasteiger partial charge in [-0.2, -0.15) is 0 Å². The van der Waals surface area contributed by atoms with Crippen LogP contribution in [0.2, 0.25) is 5.02 Å². The van der Waals surface area contributed by atoms with Crippen molar-refractivity contribution in [1.82, 2.24) is 0 Å². The predicted octanol–water partition coefficient (Wildman–Crippen LogP) is 5.89. The Labute approximate surface area is 168 Å². The van der Waals surface area contributed by atoms with Gasteiger partial charge in [0.25, 0.3) is 0 Å².